The number of carbonyl (C=O) groups is 1. The van der Waals surface area contributed by atoms with Gasteiger partial charge >= 0.3 is 0 Å². The lowest BCUT2D eigenvalue weighted by Crippen LogP contribution is -2.47. The smallest absolute Gasteiger partial charge is 0.253 e. The molecule has 110 valence electrons. The van der Waals surface area contributed by atoms with Crippen molar-refractivity contribution in [2.75, 3.05) is 19.6 Å². The maximum Gasteiger partial charge on any atom is 0.253 e. The highest BCUT2D eigenvalue weighted by atomic mass is 35.5. The Morgan fingerprint density at radius 2 is 2.10 bits per heavy atom. The minimum absolute atomic E-state index is 0.00540. The van der Waals surface area contributed by atoms with Gasteiger partial charge in [-0.3, -0.25) is 4.79 Å². The van der Waals surface area contributed by atoms with Crippen molar-refractivity contribution in [2.45, 2.75) is 18.9 Å². The Kier molecular flexibility index (Phi) is 3.16. The van der Waals surface area contributed by atoms with Gasteiger partial charge in [0.2, 0.25) is 0 Å². The number of hydrogen-bond acceptors (Lipinski definition) is 2. The number of aromatic nitrogens is 1. The van der Waals surface area contributed by atoms with Crippen molar-refractivity contribution in [2.24, 2.45) is 5.92 Å². The molecule has 4 nitrogen and oxygen atoms in total. The third-order valence-electron chi connectivity index (χ3n) is 4.67. The highest BCUT2D eigenvalue weighted by Crippen LogP contribution is 2.27. The molecule has 0 aliphatic carbocycles. The summed E-state index contributed by atoms with van der Waals surface area (Å²) in [6, 6.07) is 7.84. The number of nitrogens with zero attached hydrogens (tertiary/aromatic N) is 2. The van der Waals surface area contributed by atoms with Crippen LogP contribution in [0.4, 0.5) is 0 Å². The standard InChI is InChI=1S/C16H18ClN3O/c17-15-4-3-14-2-1-12(9-20(14)15)16(21)18-13-7-11-5-6-19(8-11)10-13/h1-4,9,11,13H,5-8,10H2,(H,18,21)/t11-,13-/m1/s1. The Morgan fingerprint density at radius 1 is 1.24 bits per heavy atom. The summed E-state index contributed by atoms with van der Waals surface area (Å²) in [6.45, 7) is 3.37. The summed E-state index contributed by atoms with van der Waals surface area (Å²) in [5.74, 6) is 0.750. The lowest BCUT2D eigenvalue weighted by molar-refractivity contribution is 0.0909. The summed E-state index contributed by atoms with van der Waals surface area (Å²) < 4.78 is 1.84. The van der Waals surface area contributed by atoms with Gasteiger partial charge in [-0.05, 0) is 49.6 Å². The maximum atomic E-state index is 12.4. The Morgan fingerprint density at radius 3 is 2.95 bits per heavy atom. The molecule has 2 bridgehead atoms. The first-order chi connectivity index (χ1) is 10.2. The molecule has 4 heterocycles. The minimum Gasteiger partial charge on any atom is -0.348 e. The van der Waals surface area contributed by atoms with Crippen LogP contribution in [0.2, 0.25) is 5.15 Å². The van der Waals surface area contributed by atoms with E-state index >= 15 is 0 Å². The van der Waals surface area contributed by atoms with Crippen molar-refractivity contribution >= 4 is 23.0 Å². The van der Waals surface area contributed by atoms with Crippen LogP contribution in [0, 0.1) is 5.92 Å². The molecule has 2 aromatic heterocycles. The second-order valence-electron chi connectivity index (χ2n) is 6.19. The van der Waals surface area contributed by atoms with Crippen molar-refractivity contribution in [3.8, 4) is 0 Å². The Balaban J connectivity index is 1.52. The molecule has 0 radical (unpaired) electrons. The number of carbonyl (C=O) groups excluding carboxylic acids is 1. The highest BCUT2D eigenvalue weighted by Gasteiger charge is 2.32. The fourth-order valence-electron chi connectivity index (χ4n) is 3.63. The molecule has 1 amide bonds. The zero-order valence-electron chi connectivity index (χ0n) is 11.8. The van der Waals surface area contributed by atoms with E-state index in [1.54, 1.807) is 0 Å². The molecule has 2 aliphatic rings. The number of halogens is 1. The maximum absolute atomic E-state index is 12.4. The van der Waals surface area contributed by atoms with E-state index in [-0.39, 0.29) is 11.9 Å². The highest BCUT2D eigenvalue weighted by molar-refractivity contribution is 6.30. The molecule has 2 aliphatic heterocycles. The van der Waals surface area contributed by atoms with E-state index in [0.29, 0.717) is 10.7 Å². The summed E-state index contributed by atoms with van der Waals surface area (Å²) >= 11 is 6.11. The second-order valence-corrected chi connectivity index (χ2v) is 6.58. The molecule has 2 saturated heterocycles. The topological polar surface area (TPSA) is 36.8 Å². The predicted octanol–water partition coefficient (Wildman–Crippen LogP) is 2.42. The first-order valence-electron chi connectivity index (χ1n) is 7.49. The van der Waals surface area contributed by atoms with Crippen molar-refractivity contribution in [3.63, 3.8) is 0 Å². The molecule has 4 rings (SSSR count). The van der Waals surface area contributed by atoms with Crippen molar-refractivity contribution in [1.29, 1.82) is 0 Å². The fourth-order valence-corrected chi connectivity index (χ4v) is 3.84. The molecule has 2 aromatic rings. The van der Waals surface area contributed by atoms with Crippen molar-refractivity contribution in [1.82, 2.24) is 14.6 Å². The van der Waals surface area contributed by atoms with Gasteiger partial charge in [-0.1, -0.05) is 11.6 Å². The van der Waals surface area contributed by atoms with Crippen LogP contribution < -0.4 is 5.32 Å². The van der Waals surface area contributed by atoms with E-state index in [1.165, 1.54) is 19.5 Å². The van der Waals surface area contributed by atoms with Crippen LogP contribution in [0.15, 0.2) is 30.5 Å². The zero-order chi connectivity index (χ0) is 14.4. The summed E-state index contributed by atoms with van der Waals surface area (Å²) in [7, 11) is 0. The van der Waals surface area contributed by atoms with Gasteiger partial charge in [0.1, 0.15) is 5.15 Å². The SMILES string of the molecule is O=C(N[C@@H]1C[C@H]2CCN(C2)C1)c1ccc2ccc(Cl)n2c1. The molecule has 0 aromatic carbocycles. The number of nitrogens with one attached hydrogen (secondary N) is 1. The third kappa shape index (κ3) is 2.43. The van der Waals surface area contributed by atoms with Crippen LogP contribution in [0.3, 0.4) is 0 Å². The molecule has 5 heteroatoms. The van der Waals surface area contributed by atoms with Gasteiger partial charge in [-0.15, -0.1) is 0 Å². The lowest BCUT2D eigenvalue weighted by atomic mass is 9.96. The molecular weight excluding hydrogens is 286 g/mol. The largest absolute Gasteiger partial charge is 0.348 e. The van der Waals surface area contributed by atoms with Gasteiger partial charge in [0.05, 0.1) is 5.56 Å². The molecule has 1 N–H and O–H groups in total. The van der Waals surface area contributed by atoms with E-state index in [2.05, 4.69) is 10.2 Å². The normalized spacial score (nSPS) is 28.0. The van der Waals surface area contributed by atoms with Crippen LogP contribution in [0.25, 0.3) is 5.52 Å². The third-order valence-corrected chi connectivity index (χ3v) is 4.97. The van der Waals surface area contributed by atoms with Crippen LogP contribution in [-0.4, -0.2) is 40.9 Å². The van der Waals surface area contributed by atoms with E-state index in [1.807, 2.05) is 34.9 Å². The molecule has 21 heavy (non-hydrogen) atoms. The zero-order valence-corrected chi connectivity index (χ0v) is 12.5. The van der Waals surface area contributed by atoms with Gasteiger partial charge in [0.15, 0.2) is 0 Å². The molecule has 1 unspecified atom stereocenters. The summed E-state index contributed by atoms with van der Waals surface area (Å²) in [6.07, 6.45) is 4.19. The number of fused-ring (bicyclic) bond motifs is 3. The van der Waals surface area contributed by atoms with E-state index in [4.69, 9.17) is 11.6 Å². The van der Waals surface area contributed by atoms with Gasteiger partial charge in [0, 0.05) is 30.8 Å². The Bertz CT molecular complexity index is 684. The second kappa shape index (κ2) is 5.04. The van der Waals surface area contributed by atoms with Gasteiger partial charge < -0.3 is 14.6 Å². The van der Waals surface area contributed by atoms with Gasteiger partial charge in [-0.25, -0.2) is 0 Å². The fraction of sp³-hybridized carbons (Fsp3) is 0.438. The quantitative estimate of drug-likeness (QED) is 0.925. The monoisotopic (exact) mass is 303 g/mol. The number of hydrogen-bond donors (Lipinski definition) is 1. The van der Waals surface area contributed by atoms with Crippen molar-refractivity contribution in [3.05, 3.63) is 41.2 Å². The van der Waals surface area contributed by atoms with E-state index < -0.39 is 0 Å². The molecule has 3 atom stereocenters. The van der Waals surface area contributed by atoms with Crippen LogP contribution in [0.1, 0.15) is 23.2 Å². The Hall–Kier alpha value is -1.52. The number of amides is 1. The predicted molar refractivity (Wildman–Crippen MR) is 82.8 cm³/mol. The van der Waals surface area contributed by atoms with Crippen LogP contribution in [-0.2, 0) is 0 Å². The number of rotatable bonds is 2. The van der Waals surface area contributed by atoms with Crippen LogP contribution >= 0.6 is 11.6 Å². The minimum atomic E-state index is -0.00540. The van der Waals surface area contributed by atoms with E-state index in [9.17, 15) is 4.79 Å². The molecule has 0 saturated carbocycles. The summed E-state index contributed by atoms with van der Waals surface area (Å²) in [5, 5.41) is 3.80. The Labute approximate surface area is 128 Å². The van der Waals surface area contributed by atoms with Crippen LogP contribution in [0.5, 0.6) is 0 Å². The molecule has 2 fully saturated rings. The summed E-state index contributed by atoms with van der Waals surface area (Å²) in [5.41, 5.74) is 1.66. The first-order valence-corrected chi connectivity index (χ1v) is 7.87. The van der Waals surface area contributed by atoms with Crippen molar-refractivity contribution < 1.29 is 4.79 Å². The van der Waals surface area contributed by atoms with Gasteiger partial charge in [-0.2, -0.15) is 0 Å². The average molecular weight is 304 g/mol. The number of pyridine rings is 1. The summed E-state index contributed by atoms with van der Waals surface area (Å²) in [4.78, 5) is 14.9. The molecule has 0 spiro atoms. The molecular formula is C16H18ClN3O. The lowest BCUT2D eigenvalue weighted by Gasteiger charge is -2.30. The average Bonchev–Trinajstić information content (AvgIpc) is 3.02. The first kappa shape index (κ1) is 13.2. The van der Waals surface area contributed by atoms with E-state index in [0.717, 1.165) is 24.4 Å². The van der Waals surface area contributed by atoms with Gasteiger partial charge in [0.25, 0.3) is 5.91 Å². The number of piperidine rings is 1.